The maximum Gasteiger partial charge on any atom is 0.433 e. The molecule has 1 aromatic rings. The number of rotatable bonds is 2. The van der Waals surface area contributed by atoms with Crippen molar-refractivity contribution in [2.24, 2.45) is 7.05 Å². The molecule has 0 fully saturated rings. The zero-order chi connectivity index (χ0) is 10.9. The molecule has 0 bridgehead atoms. The Morgan fingerprint density at radius 2 is 2.07 bits per heavy atom. The Labute approximate surface area is 80.7 Å². The molecule has 0 N–H and O–H groups in total. The first-order chi connectivity index (χ1) is 6.36. The van der Waals surface area contributed by atoms with Gasteiger partial charge in [-0.25, -0.2) is 0 Å². The SMILES string of the molecule is CCC(C)c1cc(C(F)(F)F)n(C)n1. The molecule has 0 radical (unpaired) electrons. The van der Waals surface area contributed by atoms with Crippen molar-refractivity contribution in [3.05, 3.63) is 17.5 Å². The molecule has 1 atom stereocenters. The molecule has 0 aliphatic rings. The highest BCUT2D eigenvalue weighted by Crippen LogP contribution is 2.31. The third kappa shape index (κ3) is 2.08. The first-order valence-corrected chi connectivity index (χ1v) is 4.47. The van der Waals surface area contributed by atoms with Gasteiger partial charge in [0.1, 0.15) is 5.69 Å². The molecule has 0 saturated carbocycles. The van der Waals surface area contributed by atoms with Crippen molar-refractivity contribution in [1.29, 1.82) is 0 Å². The van der Waals surface area contributed by atoms with E-state index in [1.165, 1.54) is 7.05 Å². The normalized spacial score (nSPS) is 14.4. The van der Waals surface area contributed by atoms with E-state index in [9.17, 15) is 13.2 Å². The van der Waals surface area contributed by atoms with Gasteiger partial charge in [0.25, 0.3) is 0 Å². The van der Waals surface area contributed by atoms with Gasteiger partial charge in [0.05, 0.1) is 5.69 Å². The smallest absolute Gasteiger partial charge is 0.263 e. The fourth-order valence-corrected chi connectivity index (χ4v) is 1.20. The summed E-state index contributed by atoms with van der Waals surface area (Å²) in [5.74, 6) is 0.0669. The van der Waals surface area contributed by atoms with Gasteiger partial charge in [0, 0.05) is 7.05 Å². The van der Waals surface area contributed by atoms with Crippen LogP contribution in [0.5, 0.6) is 0 Å². The van der Waals surface area contributed by atoms with Crippen LogP contribution in [0.2, 0.25) is 0 Å². The second-order valence-electron chi connectivity index (χ2n) is 3.39. The fraction of sp³-hybridized carbons (Fsp3) is 0.667. The van der Waals surface area contributed by atoms with Gasteiger partial charge in [0.2, 0.25) is 0 Å². The Morgan fingerprint density at radius 1 is 1.50 bits per heavy atom. The lowest BCUT2D eigenvalue weighted by atomic mass is 10.1. The average Bonchev–Trinajstić information content (AvgIpc) is 2.45. The van der Waals surface area contributed by atoms with E-state index in [4.69, 9.17) is 0 Å². The quantitative estimate of drug-likeness (QED) is 0.727. The molecule has 1 rings (SSSR count). The Morgan fingerprint density at radius 3 is 2.43 bits per heavy atom. The molecule has 0 aliphatic heterocycles. The maximum atomic E-state index is 12.4. The number of hydrogen-bond acceptors (Lipinski definition) is 1. The second-order valence-corrected chi connectivity index (χ2v) is 3.39. The van der Waals surface area contributed by atoms with Crippen molar-refractivity contribution in [2.75, 3.05) is 0 Å². The minimum Gasteiger partial charge on any atom is -0.263 e. The van der Waals surface area contributed by atoms with Crippen LogP contribution in [-0.2, 0) is 13.2 Å². The molecule has 5 heteroatoms. The highest BCUT2D eigenvalue weighted by molar-refractivity contribution is 5.16. The van der Waals surface area contributed by atoms with E-state index in [-0.39, 0.29) is 5.92 Å². The monoisotopic (exact) mass is 206 g/mol. The van der Waals surface area contributed by atoms with Crippen LogP contribution >= 0.6 is 0 Å². The summed E-state index contributed by atoms with van der Waals surface area (Å²) in [4.78, 5) is 0. The van der Waals surface area contributed by atoms with Crippen molar-refractivity contribution >= 4 is 0 Å². The first kappa shape index (κ1) is 11.1. The van der Waals surface area contributed by atoms with E-state index in [0.717, 1.165) is 17.2 Å². The Hall–Kier alpha value is -1.00. The van der Waals surface area contributed by atoms with Gasteiger partial charge in [-0.2, -0.15) is 18.3 Å². The molecular formula is C9H13F3N2. The van der Waals surface area contributed by atoms with Crippen LogP contribution in [-0.4, -0.2) is 9.78 Å². The van der Waals surface area contributed by atoms with Gasteiger partial charge in [-0.1, -0.05) is 13.8 Å². The summed E-state index contributed by atoms with van der Waals surface area (Å²) in [6.07, 6.45) is -3.53. The van der Waals surface area contributed by atoms with Crippen LogP contribution in [0.25, 0.3) is 0 Å². The minimum atomic E-state index is -4.31. The van der Waals surface area contributed by atoms with Crippen molar-refractivity contribution in [1.82, 2.24) is 9.78 Å². The number of aromatic nitrogens is 2. The van der Waals surface area contributed by atoms with Crippen LogP contribution in [0.1, 0.15) is 37.6 Å². The van der Waals surface area contributed by atoms with Crippen molar-refractivity contribution in [3.63, 3.8) is 0 Å². The summed E-state index contributed by atoms with van der Waals surface area (Å²) < 4.78 is 38.0. The third-order valence-corrected chi connectivity index (χ3v) is 2.31. The molecule has 1 heterocycles. The van der Waals surface area contributed by atoms with Crippen molar-refractivity contribution in [2.45, 2.75) is 32.4 Å². The molecule has 0 spiro atoms. The van der Waals surface area contributed by atoms with Crippen LogP contribution in [0.4, 0.5) is 13.2 Å². The summed E-state index contributed by atoms with van der Waals surface area (Å²) in [6.45, 7) is 3.79. The third-order valence-electron chi connectivity index (χ3n) is 2.31. The zero-order valence-corrected chi connectivity index (χ0v) is 8.39. The topological polar surface area (TPSA) is 17.8 Å². The van der Waals surface area contributed by atoms with Crippen molar-refractivity contribution in [3.8, 4) is 0 Å². The summed E-state index contributed by atoms with van der Waals surface area (Å²) in [7, 11) is 1.31. The van der Waals surface area contributed by atoms with Crippen LogP contribution in [0, 0.1) is 0 Å². The number of halogens is 3. The molecule has 1 unspecified atom stereocenters. The molecule has 2 nitrogen and oxygen atoms in total. The van der Waals surface area contributed by atoms with Gasteiger partial charge in [-0.3, -0.25) is 4.68 Å². The Bertz CT molecular complexity index is 314. The van der Waals surface area contributed by atoms with E-state index in [0.29, 0.717) is 5.69 Å². The van der Waals surface area contributed by atoms with Crippen LogP contribution in [0.15, 0.2) is 6.07 Å². The highest BCUT2D eigenvalue weighted by atomic mass is 19.4. The molecule has 0 amide bonds. The van der Waals surface area contributed by atoms with E-state index in [1.807, 2.05) is 13.8 Å². The van der Waals surface area contributed by atoms with E-state index >= 15 is 0 Å². The maximum absolute atomic E-state index is 12.4. The van der Waals surface area contributed by atoms with Gasteiger partial charge < -0.3 is 0 Å². The number of aryl methyl sites for hydroxylation is 1. The van der Waals surface area contributed by atoms with Gasteiger partial charge in [0.15, 0.2) is 0 Å². The second kappa shape index (κ2) is 3.63. The number of alkyl halides is 3. The summed E-state index contributed by atoms with van der Waals surface area (Å²) in [5, 5.41) is 3.84. The van der Waals surface area contributed by atoms with E-state index < -0.39 is 11.9 Å². The number of nitrogens with zero attached hydrogens (tertiary/aromatic N) is 2. The van der Waals surface area contributed by atoms with Crippen LogP contribution in [0.3, 0.4) is 0 Å². The predicted octanol–water partition coefficient (Wildman–Crippen LogP) is 2.95. The highest BCUT2D eigenvalue weighted by Gasteiger charge is 2.35. The summed E-state index contributed by atoms with van der Waals surface area (Å²) in [6, 6.07) is 1.12. The molecule has 0 aromatic carbocycles. The Balaban J connectivity index is 3.05. The van der Waals surface area contributed by atoms with E-state index in [2.05, 4.69) is 5.10 Å². The molecule has 0 saturated heterocycles. The lowest BCUT2D eigenvalue weighted by Crippen LogP contribution is -2.11. The molecule has 0 aliphatic carbocycles. The van der Waals surface area contributed by atoms with E-state index in [1.54, 1.807) is 0 Å². The largest absolute Gasteiger partial charge is 0.433 e. The lowest BCUT2D eigenvalue weighted by Gasteiger charge is -2.04. The zero-order valence-electron chi connectivity index (χ0n) is 8.39. The molecule has 1 aromatic heterocycles. The fourth-order valence-electron chi connectivity index (χ4n) is 1.20. The predicted molar refractivity (Wildman–Crippen MR) is 46.9 cm³/mol. The number of hydrogen-bond donors (Lipinski definition) is 0. The first-order valence-electron chi connectivity index (χ1n) is 4.47. The average molecular weight is 206 g/mol. The minimum absolute atomic E-state index is 0.0669. The van der Waals surface area contributed by atoms with Gasteiger partial charge in [-0.15, -0.1) is 0 Å². The van der Waals surface area contributed by atoms with Gasteiger partial charge >= 0.3 is 6.18 Å². The molecular weight excluding hydrogens is 193 g/mol. The van der Waals surface area contributed by atoms with Gasteiger partial charge in [-0.05, 0) is 18.4 Å². The summed E-state index contributed by atoms with van der Waals surface area (Å²) in [5.41, 5.74) is -0.185. The summed E-state index contributed by atoms with van der Waals surface area (Å²) >= 11 is 0. The Kier molecular flexibility index (Phi) is 2.87. The molecule has 80 valence electrons. The standard InChI is InChI=1S/C9H13F3N2/c1-4-6(2)7-5-8(9(10,11)12)14(3)13-7/h5-6H,4H2,1-3H3. The van der Waals surface area contributed by atoms with Crippen molar-refractivity contribution < 1.29 is 13.2 Å². The lowest BCUT2D eigenvalue weighted by molar-refractivity contribution is -0.143. The van der Waals surface area contributed by atoms with Crippen LogP contribution < -0.4 is 0 Å². The molecule has 14 heavy (non-hydrogen) atoms.